The predicted molar refractivity (Wildman–Crippen MR) is 223 cm³/mol. The standard InChI is InChI=1S/C40H37N7O11S2/c1-22-15-33(35(55-5)20-31(22)43-42-30-14-12-28(54-4)19-38(30)60(50,51)52)45-44-32-21-36(56-6)34(16-23(32)2)46-47-39-37(59-58-57-49)18-24-17-26(9-13-29(24)40(39)48)41-25-7-10-27(53-3)11-8-25/h7-21,41,48-49H,1-6H3,(H,50,51,52). The molecule has 0 atom stereocenters. The fourth-order valence-corrected chi connectivity index (χ4v) is 6.87. The van der Waals surface area contributed by atoms with Crippen LogP contribution in [-0.2, 0) is 19.5 Å². The highest BCUT2D eigenvalue weighted by Gasteiger charge is 2.19. The first-order valence-electron chi connectivity index (χ1n) is 17.5. The van der Waals surface area contributed by atoms with Gasteiger partial charge in [-0.15, -0.1) is 24.8 Å². The van der Waals surface area contributed by atoms with E-state index in [1.54, 1.807) is 63.4 Å². The lowest BCUT2D eigenvalue weighted by Crippen LogP contribution is -1.99. The van der Waals surface area contributed by atoms with Gasteiger partial charge in [0.15, 0.2) is 5.75 Å². The molecule has 0 bridgehead atoms. The molecule has 20 heteroatoms. The number of anilines is 2. The lowest BCUT2D eigenvalue weighted by atomic mass is 10.1. The SMILES string of the molecule is COc1ccc(Nc2ccc3c(O)c(N=Nc4cc(C)c(N=Nc5cc(C)c(N=Nc6ccc(OC)cc6S(=O)(=O)O)cc5OC)cc4OC)c(SOOO)cc3c2)cc1. The van der Waals surface area contributed by atoms with Crippen LogP contribution >= 0.6 is 12.0 Å². The summed E-state index contributed by atoms with van der Waals surface area (Å²) in [6, 6.07) is 25.0. The minimum Gasteiger partial charge on any atom is -0.505 e. The van der Waals surface area contributed by atoms with Gasteiger partial charge in [0.05, 0.1) is 56.8 Å². The molecule has 0 unspecified atom stereocenters. The Hall–Kier alpha value is -6.68. The number of nitrogens with zero attached hydrogens (tertiary/aromatic N) is 6. The summed E-state index contributed by atoms with van der Waals surface area (Å²) in [5.74, 6) is 1.32. The number of aryl methyl sites for hydroxylation is 2. The Labute approximate surface area is 348 Å². The van der Waals surface area contributed by atoms with Gasteiger partial charge in [0, 0.05) is 35.0 Å². The molecular weight excluding hydrogens is 819 g/mol. The van der Waals surface area contributed by atoms with E-state index in [2.05, 4.69) is 41.0 Å². The van der Waals surface area contributed by atoms with Crippen LogP contribution in [0.4, 0.5) is 45.5 Å². The normalized spacial score (nSPS) is 11.9. The molecule has 0 radical (unpaired) electrons. The van der Waals surface area contributed by atoms with Crippen molar-refractivity contribution in [3.63, 3.8) is 0 Å². The number of rotatable bonds is 16. The van der Waals surface area contributed by atoms with Crippen LogP contribution in [0, 0.1) is 13.8 Å². The number of nitrogens with one attached hydrogen (secondary N) is 1. The number of azo groups is 3. The topological polar surface area (TPSA) is 236 Å². The summed E-state index contributed by atoms with van der Waals surface area (Å²) in [4.78, 5) is -0.188. The lowest BCUT2D eigenvalue weighted by molar-refractivity contribution is -0.432. The van der Waals surface area contributed by atoms with E-state index < -0.39 is 15.0 Å². The number of phenolic OH excluding ortho intramolecular Hbond substituents is 1. The highest BCUT2D eigenvalue weighted by atomic mass is 32.2. The largest absolute Gasteiger partial charge is 0.505 e. The minimum absolute atomic E-state index is 0.0391. The molecule has 0 heterocycles. The van der Waals surface area contributed by atoms with Gasteiger partial charge in [0.25, 0.3) is 10.1 Å². The Balaban J connectivity index is 1.26. The molecule has 0 spiro atoms. The van der Waals surface area contributed by atoms with E-state index in [1.165, 1.54) is 33.5 Å². The molecule has 0 fully saturated rings. The first-order chi connectivity index (χ1) is 28.8. The fourth-order valence-electron chi connectivity index (χ4n) is 5.74. The highest BCUT2D eigenvalue weighted by Crippen LogP contribution is 2.46. The Kier molecular flexibility index (Phi) is 13.5. The number of hydrogen-bond acceptors (Lipinski definition) is 18. The molecule has 0 saturated heterocycles. The van der Waals surface area contributed by atoms with Crippen LogP contribution in [-0.4, -0.2) is 51.8 Å². The molecule has 0 aliphatic rings. The third-order valence-corrected chi connectivity index (χ3v) is 10.3. The van der Waals surface area contributed by atoms with Crippen molar-refractivity contribution in [1.29, 1.82) is 0 Å². The lowest BCUT2D eigenvalue weighted by Gasteiger charge is -2.12. The van der Waals surface area contributed by atoms with Crippen molar-refractivity contribution in [3.8, 4) is 28.7 Å². The second-order valence-corrected chi connectivity index (χ2v) is 14.7. The zero-order valence-electron chi connectivity index (χ0n) is 32.8. The summed E-state index contributed by atoms with van der Waals surface area (Å²) >= 11 is 0.619. The molecule has 6 aromatic rings. The maximum atomic E-state index is 12.0. The summed E-state index contributed by atoms with van der Waals surface area (Å²) in [5, 5.41) is 54.4. The van der Waals surface area contributed by atoms with Crippen molar-refractivity contribution >= 4 is 78.4 Å². The average Bonchev–Trinajstić information content (AvgIpc) is 3.24. The van der Waals surface area contributed by atoms with E-state index in [4.69, 9.17) is 28.5 Å². The highest BCUT2D eigenvalue weighted by molar-refractivity contribution is 7.94. The minimum atomic E-state index is -4.62. The van der Waals surface area contributed by atoms with Gasteiger partial charge < -0.3 is 29.4 Å². The summed E-state index contributed by atoms with van der Waals surface area (Å²) in [5.41, 5.74) is 4.20. The van der Waals surface area contributed by atoms with E-state index in [9.17, 15) is 18.1 Å². The van der Waals surface area contributed by atoms with Gasteiger partial charge in [-0.3, -0.25) is 4.55 Å². The van der Waals surface area contributed by atoms with E-state index in [0.29, 0.717) is 68.2 Å². The van der Waals surface area contributed by atoms with Crippen LogP contribution in [0.15, 0.2) is 131 Å². The van der Waals surface area contributed by atoms with E-state index in [-0.39, 0.29) is 27.8 Å². The summed E-state index contributed by atoms with van der Waals surface area (Å²) < 4.78 is 59.8. The molecule has 0 saturated carbocycles. The summed E-state index contributed by atoms with van der Waals surface area (Å²) in [6.45, 7) is 3.54. The molecule has 0 amide bonds. The number of aromatic hydroxyl groups is 1. The molecule has 4 N–H and O–H groups in total. The second kappa shape index (κ2) is 18.9. The number of benzene rings is 6. The zero-order valence-corrected chi connectivity index (χ0v) is 34.4. The van der Waals surface area contributed by atoms with E-state index in [1.807, 2.05) is 30.3 Å². The van der Waals surface area contributed by atoms with Gasteiger partial charge in [0.2, 0.25) is 0 Å². The molecule has 6 aromatic carbocycles. The zero-order chi connectivity index (χ0) is 43.0. The average molecular weight is 856 g/mol. The third kappa shape index (κ3) is 9.94. The number of methoxy groups -OCH3 is 4. The Morgan fingerprint density at radius 1 is 0.600 bits per heavy atom. The van der Waals surface area contributed by atoms with Crippen LogP contribution in [0.2, 0.25) is 0 Å². The van der Waals surface area contributed by atoms with Crippen LogP contribution < -0.4 is 24.3 Å². The molecule has 0 aliphatic carbocycles. The Morgan fingerprint density at radius 2 is 1.15 bits per heavy atom. The van der Waals surface area contributed by atoms with Gasteiger partial charge in [-0.1, -0.05) is 5.04 Å². The monoisotopic (exact) mass is 855 g/mol. The van der Waals surface area contributed by atoms with Crippen LogP contribution in [0.3, 0.4) is 0 Å². The van der Waals surface area contributed by atoms with Crippen LogP contribution in [0.1, 0.15) is 11.1 Å². The van der Waals surface area contributed by atoms with E-state index >= 15 is 0 Å². The van der Waals surface area contributed by atoms with Crippen LogP contribution in [0.25, 0.3) is 10.8 Å². The van der Waals surface area contributed by atoms with Crippen LogP contribution in [0.5, 0.6) is 28.7 Å². The molecule has 6 rings (SSSR count). The van der Waals surface area contributed by atoms with Crippen molar-refractivity contribution in [3.05, 3.63) is 102 Å². The van der Waals surface area contributed by atoms with Crippen molar-refractivity contribution in [1.82, 2.24) is 0 Å². The number of hydrogen-bond donors (Lipinski definition) is 4. The Bertz CT molecular complexity index is 2750. The number of fused-ring (bicyclic) bond motifs is 1. The van der Waals surface area contributed by atoms with Gasteiger partial charge in [-0.2, -0.15) is 18.6 Å². The van der Waals surface area contributed by atoms with Crippen molar-refractivity contribution in [2.75, 3.05) is 33.8 Å². The summed E-state index contributed by atoms with van der Waals surface area (Å²) in [6.07, 6.45) is 0. The quantitative estimate of drug-likeness (QED) is 0.0233. The van der Waals surface area contributed by atoms with Crippen molar-refractivity contribution in [2.24, 2.45) is 30.7 Å². The van der Waals surface area contributed by atoms with Gasteiger partial charge in [0.1, 0.15) is 50.6 Å². The van der Waals surface area contributed by atoms with Gasteiger partial charge in [-0.05, 0) is 103 Å². The number of ether oxygens (including phenoxy) is 4. The van der Waals surface area contributed by atoms with Gasteiger partial charge >= 0.3 is 0 Å². The molecule has 310 valence electrons. The Morgan fingerprint density at radius 3 is 1.72 bits per heavy atom. The third-order valence-electron chi connectivity index (χ3n) is 8.81. The molecular formula is C40H37N7O11S2. The maximum Gasteiger partial charge on any atom is 0.296 e. The smallest absolute Gasteiger partial charge is 0.296 e. The first kappa shape index (κ1) is 42.9. The maximum absolute atomic E-state index is 12.0. The van der Waals surface area contributed by atoms with Gasteiger partial charge in [-0.25, -0.2) is 5.26 Å². The van der Waals surface area contributed by atoms with Crippen molar-refractivity contribution in [2.45, 2.75) is 23.6 Å². The molecule has 0 aromatic heterocycles. The molecule has 0 aliphatic heterocycles. The van der Waals surface area contributed by atoms with E-state index in [0.717, 1.165) is 23.2 Å². The second-order valence-electron chi connectivity index (χ2n) is 12.6. The van der Waals surface area contributed by atoms with Crippen molar-refractivity contribution < 1.29 is 51.7 Å². The summed E-state index contributed by atoms with van der Waals surface area (Å²) in [7, 11) is 1.23. The number of phenols is 1. The first-order valence-corrected chi connectivity index (χ1v) is 19.7. The molecule has 18 nitrogen and oxygen atoms in total. The predicted octanol–water partition coefficient (Wildman–Crippen LogP) is 11.9. The fraction of sp³-hybridized carbons (Fsp3) is 0.150. The molecule has 60 heavy (non-hydrogen) atoms.